The number of nitrogens with one attached hydrogen (secondary N) is 2. The predicted molar refractivity (Wildman–Crippen MR) is 96.1 cm³/mol. The fraction of sp³-hybridized carbons (Fsp3) is 0.579. The molecule has 0 aromatic carbocycles. The third-order valence-corrected chi connectivity index (χ3v) is 4.62. The van der Waals surface area contributed by atoms with Gasteiger partial charge in [0, 0.05) is 29.5 Å². The van der Waals surface area contributed by atoms with Crippen molar-refractivity contribution in [2.24, 2.45) is 0 Å². The van der Waals surface area contributed by atoms with Crippen LogP contribution >= 0.6 is 0 Å². The molecule has 5 nitrogen and oxygen atoms in total. The van der Waals surface area contributed by atoms with Crippen LogP contribution in [0.3, 0.4) is 0 Å². The maximum absolute atomic E-state index is 12.5. The van der Waals surface area contributed by atoms with Crippen molar-refractivity contribution in [1.29, 1.82) is 0 Å². The lowest BCUT2D eigenvalue weighted by Crippen LogP contribution is -2.62. The van der Waals surface area contributed by atoms with E-state index >= 15 is 0 Å². The molecule has 1 aliphatic heterocycles. The fourth-order valence-electron chi connectivity index (χ4n) is 4.16. The molecule has 2 aromatic heterocycles. The molecule has 24 heavy (non-hydrogen) atoms. The van der Waals surface area contributed by atoms with E-state index in [2.05, 4.69) is 43.3 Å². The predicted octanol–water partition coefficient (Wildman–Crippen LogP) is 2.61. The van der Waals surface area contributed by atoms with E-state index in [1.165, 1.54) is 0 Å². The van der Waals surface area contributed by atoms with E-state index < -0.39 is 0 Å². The van der Waals surface area contributed by atoms with Gasteiger partial charge in [0.2, 0.25) is 5.91 Å². The molecule has 1 fully saturated rings. The molecule has 2 aromatic rings. The van der Waals surface area contributed by atoms with Crippen LogP contribution in [0, 0.1) is 6.92 Å². The molecule has 1 aliphatic rings. The maximum atomic E-state index is 12.5. The molecule has 3 rings (SSSR count). The van der Waals surface area contributed by atoms with Gasteiger partial charge >= 0.3 is 0 Å². The van der Waals surface area contributed by atoms with Gasteiger partial charge in [0.05, 0.1) is 12.1 Å². The highest BCUT2D eigenvalue weighted by atomic mass is 16.1. The molecule has 0 bridgehead atoms. The maximum Gasteiger partial charge on any atom is 0.226 e. The minimum Gasteiger partial charge on any atom is -0.353 e. The number of amides is 1. The Bertz CT molecular complexity index is 744. The van der Waals surface area contributed by atoms with Crippen LogP contribution in [0.2, 0.25) is 0 Å². The Hall–Kier alpha value is -1.88. The van der Waals surface area contributed by atoms with Gasteiger partial charge in [-0.15, -0.1) is 0 Å². The number of hydrogen-bond donors (Lipinski definition) is 2. The lowest BCUT2D eigenvalue weighted by molar-refractivity contribution is -0.121. The highest BCUT2D eigenvalue weighted by molar-refractivity contribution is 5.78. The summed E-state index contributed by atoms with van der Waals surface area (Å²) in [7, 11) is 0. The molecular weight excluding hydrogens is 300 g/mol. The summed E-state index contributed by atoms with van der Waals surface area (Å²) < 4.78 is 1.98. The van der Waals surface area contributed by atoms with Crippen LogP contribution in [0.5, 0.6) is 0 Å². The normalized spacial score (nSPS) is 20.2. The molecule has 0 saturated carbocycles. The molecule has 1 saturated heterocycles. The lowest BCUT2D eigenvalue weighted by Gasteiger charge is -2.46. The van der Waals surface area contributed by atoms with Crippen molar-refractivity contribution in [1.82, 2.24) is 20.0 Å². The van der Waals surface area contributed by atoms with E-state index in [4.69, 9.17) is 0 Å². The second-order valence-electron chi connectivity index (χ2n) is 8.40. The number of pyridine rings is 1. The van der Waals surface area contributed by atoms with Crippen molar-refractivity contribution in [3.8, 4) is 0 Å². The number of piperidine rings is 1. The van der Waals surface area contributed by atoms with Crippen LogP contribution in [-0.4, -0.2) is 32.4 Å². The molecule has 0 atom stereocenters. The van der Waals surface area contributed by atoms with Crippen LogP contribution in [-0.2, 0) is 11.2 Å². The van der Waals surface area contributed by atoms with Crippen LogP contribution in [0.25, 0.3) is 5.65 Å². The molecule has 130 valence electrons. The second kappa shape index (κ2) is 5.88. The molecule has 0 radical (unpaired) electrons. The molecule has 1 amide bonds. The summed E-state index contributed by atoms with van der Waals surface area (Å²) in [6.45, 7) is 10.8. The summed E-state index contributed by atoms with van der Waals surface area (Å²) in [6.07, 6.45) is 6.11. The van der Waals surface area contributed by atoms with Crippen LogP contribution < -0.4 is 10.6 Å². The zero-order valence-corrected chi connectivity index (χ0v) is 15.3. The summed E-state index contributed by atoms with van der Waals surface area (Å²) >= 11 is 0. The number of fused-ring (bicyclic) bond motifs is 1. The Morgan fingerprint density at radius 2 is 2.00 bits per heavy atom. The van der Waals surface area contributed by atoms with Crippen LogP contribution in [0.15, 0.2) is 24.5 Å². The first kappa shape index (κ1) is 17.0. The van der Waals surface area contributed by atoms with E-state index in [9.17, 15) is 4.79 Å². The van der Waals surface area contributed by atoms with Gasteiger partial charge in [-0.25, -0.2) is 4.98 Å². The van der Waals surface area contributed by atoms with Crippen LogP contribution in [0.1, 0.15) is 51.8 Å². The van der Waals surface area contributed by atoms with Crippen molar-refractivity contribution in [2.45, 2.75) is 71.0 Å². The van der Waals surface area contributed by atoms with Gasteiger partial charge in [-0.1, -0.05) is 6.07 Å². The first-order valence-electron chi connectivity index (χ1n) is 8.65. The summed E-state index contributed by atoms with van der Waals surface area (Å²) in [6, 6.07) is 4.22. The first-order valence-corrected chi connectivity index (χ1v) is 8.65. The molecular formula is C19H28N4O. The van der Waals surface area contributed by atoms with Gasteiger partial charge in [0.1, 0.15) is 5.65 Å². The summed E-state index contributed by atoms with van der Waals surface area (Å²) in [5, 5.41) is 6.85. The van der Waals surface area contributed by atoms with E-state index in [1.54, 1.807) is 0 Å². The average molecular weight is 328 g/mol. The van der Waals surface area contributed by atoms with E-state index in [0.29, 0.717) is 6.42 Å². The Morgan fingerprint density at radius 3 is 2.62 bits per heavy atom. The third-order valence-electron chi connectivity index (χ3n) is 4.62. The quantitative estimate of drug-likeness (QED) is 0.910. The smallest absolute Gasteiger partial charge is 0.226 e. The Balaban J connectivity index is 1.67. The number of carbonyl (C=O) groups is 1. The molecule has 5 heteroatoms. The summed E-state index contributed by atoms with van der Waals surface area (Å²) in [5.41, 5.74) is 2.91. The standard InChI is InChI=1S/C19H28N4O/c1-13-7-6-8-23-12-14(21-17(13)23)9-16(24)20-15-10-18(2,3)22-19(4,5)11-15/h6-8,12,15,22H,9-11H2,1-5H3,(H,20,24). The third kappa shape index (κ3) is 3.78. The first-order chi connectivity index (χ1) is 11.1. The largest absolute Gasteiger partial charge is 0.353 e. The van der Waals surface area contributed by atoms with Gasteiger partial charge < -0.3 is 15.0 Å². The number of aromatic nitrogens is 2. The highest BCUT2D eigenvalue weighted by Gasteiger charge is 2.38. The average Bonchev–Trinajstić information content (AvgIpc) is 2.78. The number of carbonyl (C=O) groups excluding carboxylic acids is 1. The fourth-order valence-corrected chi connectivity index (χ4v) is 4.16. The van der Waals surface area contributed by atoms with Gasteiger partial charge in [0.15, 0.2) is 0 Å². The van der Waals surface area contributed by atoms with Gasteiger partial charge in [-0.3, -0.25) is 4.79 Å². The van der Waals surface area contributed by atoms with Gasteiger partial charge in [-0.05, 0) is 59.1 Å². The second-order valence-corrected chi connectivity index (χ2v) is 8.40. The number of nitrogens with zero attached hydrogens (tertiary/aromatic N) is 2. The van der Waals surface area contributed by atoms with Gasteiger partial charge in [-0.2, -0.15) is 0 Å². The summed E-state index contributed by atoms with van der Waals surface area (Å²) in [5.74, 6) is 0.0505. The summed E-state index contributed by atoms with van der Waals surface area (Å²) in [4.78, 5) is 17.1. The zero-order chi connectivity index (χ0) is 17.5. The van der Waals surface area contributed by atoms with E-state index in [1.807, 2.05) is 35.9 Å². The molecule has 0 unspecified atom stereocenters. The highest BCUT2D eigenvalue weighted by Crippen LogP contribution is 2.28. The van der Waals surface area contributed by atoms with E-state index in [-0.39, 0.29) is 23.0 Å². The Morgan fingerprint density at radius 1 is 1.33 bits per heavy atom. The topological polar surface area (TPSA) is 58.4 Å². The number of imidazole rings is 1. The molecule has 0 aliphatic carbocycles. The number of hydrogen-bond acceptors (Lipinski definition) is 3. The molecule has 2 N–H and O–H groups in total. The lowest BCUT2D eigenvalue weighted by atomic mass is 9.79. The Kier molecular flexibility index (Phi) is 4.16. The van der Waals surface area contributed by atoms with Crippen molar-refractivity contribution in [2.75, 3.05) is 0 Å². The molecule has 0 spiro atoms. The van der Waals surface area contributed by atoms with Crippen molar-refractivity contribution in [3.63, 3.8) is 0 Å². The monoisotopic (exact) mass is 328 g/mol. The number of rotatable bonds is 3. The minimum absolute atomic E-state index is 0.0277. The van der Waals surface area contributed by atoms with Crippen LogP contribution in [0.4, 0.5) is 0 Å². The minimum atomic E-state index is 0.0277. The Labute approximate surface area is 143 Å². The van der Waals surface area contributed by atoms with Crippen molar-refractivity contribution in [3.05, 3.63) is 35.8 Å². The SMILES string of the molecule is Cc1cccn2cc(CC(=O)NC3CC(C)(C)NC(C)(C)C3)nc12. The van der Waals surface area contributed by atoms with Gasteiger partial charge in [0.25, 0.3) is 0 Å². The van der Waals surface area contributed by atoms with Crippen molar-refractivity contribution >= 4 is 11.6 Å². The number of aryl methyl sites for hydroxylation is 1. The van der Waals surface area contributed by atoms with Crippen molar-refractivity contribution < 1.29 is 4.79 Å². The zero-order valence-electron chi connectivity index (χ0n) is 15.3. The van der Waals surface area contributed by atoms with E-state index in [0.717, 1.165) is 29.7 Å². The molecule has 3 heterocycles.